The van der Waals surface area contributed by atoms with Crippen LogP contribution in [-0.2, 0) is 28.6 Å². The average Bonchev–Trinajstić information content (AvgIpc) is 2.60. The Bertz CT molecular complexity index is 728. The van der Waals surface area contributed by atoms with Crippen molar-refractivity contribution in [2.24, 2.45) is 0 Å². The minimum Gasteiger partial charge on any atom is -0.497 e. The van der Waals surface area contributed by atoms with Gasteiger partial charge in [-0.1, -0.05) is 12.1 Å². The topological polar surface area (TPSA) is 64.6 Å². The molecule has 2 aromatic rings. The first-order valence-electron chi connectivity index (χ1n) is 7.43. The summed E-state index contributed by atoms with van der Waals surface area (Å²) in [6.45, 7) is 0.378. The lowest BCUT2D eigenvalue weighted by Crippen LogP contribution is -2.24. The summed E-state index contributed by atoms with van der Waals surface area (Å²) in [6.07, 6.45) is 1.90. The van der Waals surface area contributed by atoms with Crippen molar-refractivity contribution in [3.63, 3.8) is 0 Å². The van der Waals surface area contributed by atoms with Gasteiger partial charge in [0.1, 0.15) is 11.5 Å². The highest BCUT2D eigenvalue weighted by Gasteiger charge is 2.08. The normalized spacial score (nSPS) is 11.6. The average molecular weight is 347 g/mol. The first kappa shape index (κ1) is 18.0. The maximum Gasteiger partial charge on any atom is 0.224 e. The molecule has 0 radical (unpaired) electrons. The molecule has 0 aliphatic carbocycles. The third-order valence-electron chi connectivity index (χ3n) is 3.59. The molecule has 1 N–H and O–H groups in total. The van der Waals surface area contributed by atoms with Crippen LogP contribution in [0.4, 0.5) is 0 Å². The molecular weight excluding hydrogens is 326 g/mol. The van der Waals surface area contributed by atoms with Crippen LogP contribution in [0.25, 0.3) is 0 Å². The first-order valence-corrected chi connectivity index (χ1v) is 8.99. The number of ether oxygens (including phenoxy) is 2. The van der Waals surface area contributed by atoms with Crippen molar-refractivity contribution in [2.45, 2.75) is 17.9 Å². The molecule has 0 saturated heterocycles. The Morgan fingerprint density at radius 2 is 1.79 bits per heavy atom. The summed E-state index contributed by atoms with van der Waals surface area (Å²) in [5, 5.41) is 2.88. The van der Waals surface area contributed by atoms with Gasteiger partial charge in [-0.25, -0.2) is 0 Å². The van der Waals surface area contributed by atoms with Crippen LogP contribution < -0.4 is 14.8 Å². The van der Waals surface area contributed by atoms with Crippen molar-refractivity contribution < 1.29 is 18.5 Å². The van der Waals surface area contributed by atoms with E-state index in [-0.39, 0.29) is 12.3 Å². The van der Waals surface area contributed by atoms with Gasteiger partial charge in [0.15, 0.2) is 0 Å². The second kappa shape index (κ2) is 8.49. The van der Waals surface area contributed by atoms with Crippen molar-refractivity contribution >= 4 is 16.7 Å². The third-order valence-corrected chi connectivity index (χ3v) is 4.53. The highest BCUT2D eigenvalue weighted by atomic mass is 32.2. The molecule has 6 heteroatoms. The maximum absolute atomic E-state index is 12.1. The summed E-state index contributed by atoms with van der Waals surface area (Å²) in [5.74, 6) is 1.29. The number of carbonyl (C=O) groups excluding carboxylic acids is 1. The predicted octanol–water partition coefficient (Wildman–Crippen LogP) is 2.30. The number of hydrogen-bond donors (Lipinski definition) is 1. The maximum atomic E-state index is 12.1. The molecule has 1 amide bonds. The van der Waals surface area contributed by atoms with Crippen molar-refractivity contribution in [3.8, 4) is 11.5 Å². The van der Waals surface area contributed by atoms with Crippen LogP contribution in [0.5, 0.6) is 11.5 Å². The number of rotatable bonds is 7. The number of carbonyl (C=O) groups is 1. The van der Waals surface area contributed by atoms with Gasteiger partial charge in [-0.3, -0.25) is 9.00 Å². The molecule has 0 bridgehead atoms. The molecule has 0 aliphatic heterocycles. The Morgan fingerprint density at radius 1 is 1.08 bits per heavy atom. The van der Waals surface area contributed by atoms with Crippen molar-refractivity contribution in [2.75, 3.05) is 20.5 Å². The summed E-state index contributed by atoms with van der Waals surface area (Å²) in [4.78, 5) is 12.8. The highest BCUT2D eigenvalue weighted by Crippen LogP contribution is 2.24. The SMILES string of the molecule is COc1ccc(CNC(=O)Cc2ccc([S@@](C)=O)cc2)c(OC)c1. The lowest BCUT2D eigenvalue weighted by Gasteiger charge is -2.11. The zero-order chi connectivity index (χ0) is 17.5. The summed E-state index contributed by atoms with van der Waals surface area (Å²) in [6, 6.07) is 12.7. The van der Waals surface area contributed by atoms with Crippen LogP contribution >= 0.6 is 0 Å². The number of hydrogen-bond acceptors (Lipinski definition) is 4. The van der Waals surface area contributed by atoms with Crippen LogP contribution in [0.3, 0.4) is 0 Å². The van der Waals surface area contributed by atoms with E-state index in [1.807, 2.05) is 24.3 Å². The molecule has 0 heterocycles. The molecule has 1 atom stereocenters. The number of methoxy groups -OCH3 is 2. The van der Waals surface area contributed by atoms with Gasteiger partial charge in [0.25, 0.3) is 0 Å². The molecule has 0 saturated carbocycles. The van der Waals surface area contributed by atoms with Crippen molar-refractivity contribution in [3.05, 3.63) is 53.6 Å². The Morgan fingerprint density at radius 3 is 2.38 bits per heavy atom. The van der Waals surface area contributed by atoms with Gasteiger partial charge < -0.3 is 14.8 Å². The van der Waals surface area contributed by atoms with E-state index in [9.17, 15) is 9.00 Å². The van der Waals surface area contributed by atoms with Crippen molar-refractivity contribution in [1.29, 1.82) is 0 Å². The molecule has 5 nitrogen and oxygen atoms in total. The largest absolute Gasteiger partial charge is 0.497 e. The Hall–Kier alpha value is -2.34. The Labute approximate surface area is 144 Å². The minimum atomic E-state index is -1.01. The molecule has 2 aromatic carbocycles. The van der Waals surface area contributed by atoms with Gasteiger partial charge in [0, 0.05) is 40.1 Å². The fourth-order valence-electron chi connectivity index (χ4n) is 2.24. The van der Waals surface area contributed by atoms with Gasteiger partial charge in [0.2, 0.25) is 5.91 Å². The first-order chi connectivity index (χ1) is 11.5. The highest BCUT2D eigenvalue weighted by molar-refractivity contribution is 7.84. The number of nitrogens with one attached hydrogen (secondary N) is 1. The molecule has 0 fully saturated rings. The zero-order valence-corrected chi connectivity index (χ0v) is 14.8. The monoisotopic (exact) mass is 347 g/mol. The summed E-state index contributed by atoms with van der Waals surface area (Å²) < 4.78 is 21.8. The molecule has 24 heavy (non-hydrogen) atoms. The van der Waals surface area contributed by atoms with Gasteiger partial charge >= 0.3 is 0 Å². The summed E-state index contributed by atoms with van der Waals surface area (Å²) in [7, 11) is 2.17. The summed E-state index contributed by atoms with van der Waals surface area (Å²) >= 11 is 0. The van der Waals surface area contributed by atoms with Crippen LogP contribution in [-0.4, -0.2) is 30.6 Å². The quantitative estimate of drug-likeness (QED) is 0.835. The van der Waals surface area contributed by atoms with Gasteiger partial charge in [-0.2, -0.15) is 0 Å². The van der Waals surface area contributed by atoms with Crippen LogP contribution in [0.15, 0.2) is 47.4 Å². The standard InChI is InChI=1S/C18H21NO4S/c1-22-15-7-6-14(17(11-15)23-2)12-19-18(20)10-13-4-8-16(9-5-13)24(3)21/h4-9,11H,10,12H2,1-3H3,(H,19,20)/t24-/m1/s1. The van der Waals surface area contributed by atoms with Gasteiger partial charge in [-0.05, 0) is 29.8 Å². The second-order valence-corrected chi connectivity index (χ2v) is 6.61. The van der Waals surface area contributed by atoms with Gasteiger partial charge in [-0.15, -0.1) is 0 Å². The zero-order valence-electron chi connectivity index (χ0n) is 14.0. The fourth-order valence-corrected chi connectivity index (χ4v) is 2.76. The fraction of sp³-hybridized carbons (Fsp3) is 0.278. The third kappa shape index (κ3) is 4.83. The van der Waals surface area contributed by atoms with E-state index in [4.69, 9.17) is 9.47 Å². The van der Waals surface area contributed by atoms with E-state index in [2.05, 4.69) is 5.32 Å². The van der Waals surface area contributed by atoms with Crippen LogP contribution in [0.2, 0.25) is 0 Å². The Balaban J connectivity index is 1.94. The number of amides is 1. The van der Waals surface area contributed by atoms with E-state index in [1.165, 1.54) is 0 Å². The van der Waals surface area contributed by atoms with E-state index >= 15 is 0 Å². The van der Waals surface area contributed by atoms with E-state index in [1.54, 1.807) is 38.7 Å². The van der Waals surface area contributed by atoms with E-state index < -0.39 is 10.8 Å². The molecule has 128 valence electrons. The molecule has 0 aromatic heterocycles. The van der Waals surface area contributed by atoms with E-state index in [0.29, 0.717) is 18.0 Å². The lowest BCUT2D eigenvalue weighted by atomic mass is 10.1. The smallest absolute Gasteiger partial charge is 0.224 e. The number of benzene rings is 2. The molecule has 0 aliphatic rings. The Kier molecular flexibility index (Phi) is 6.37. The van der Waals surface area contributed by atoms with Gasteiger partial charge in [0.05, 0.1) is 20.6 Å². The minimum absolute atomic E-state index is 0.0850. The van der Waals surface area contributed by atoms with Crippen LogP contribution in [0.1, 0.15) is 11.1 Å². The molecule has 0 unspecified atom stereocenters. The van der Waals surface area contributed by atoms with E-state index in [0.717, 1.165) is 16.0 Å². The van der Waals surface area contributed by atoms with Crippen molar-refractivity contribution in [1.82, 2.24) is 5.32 Å². The molecule has 2 rings (SSSR count). The molecular formula is C18H21NO4S. The summed E-state index contributed by atoms with van der Waals surface area (Å²) in [5.41, 5.74) is 1.76. The lowest BCUT2D eigenvalue weighted by molar-refractivity contribution is -0.120. The molecule has 0 spiro atoms. The van der Waals surface area contributed by atoms with Crippen LogP contribution in [0, 0.1) is 0 Å². The second-order valence-electron chi connectivity index (χ2n) is 5.23. The predicted molar refractivity (Wildman–Crippen MR) is 93.9 cm³/mol.